The van der Waals surface area contributed by atoms with Gasteiger partial charge in [-0.05, 0) is 61.7 Å². The van der Waals surface area contributed by atoms with Crippen molar-refractivity contribution >= 4 is 18.2 Å². The van der Waals surface area contributed by atoms with Gasteiger partial charge in [-0.2, -0.15) is 5.10 Å². The minimum absolute atomic E-state index is 0.0790. The van der Waals surface area contributed by atoms with Crippen molar-refractivity contribution in [3.8, 4) is 5.75 Å². The van der Waals surface area contributed by atoms with E-state index in [9.17, 15) is 4.79 Å². The van der Waals surface area contributed by atoms with Gasteiger partial charge in [-0.3, -0.25) is 4.79 Å². The predicted molar refractivity (Wildman–Crippen MR) is 90.5 cm³/mol. The van der Waals surface area contributed by atoms with Crippen LogP contribution in [0, 0.1) is 20.8 Å². The number of nitrogens with zero attached hydrogens (tertiary/aromatic N) is 1. The number of nitrogens with one attached hydrogen (secondary N) is 1. The largest absolute Gasteiger partial charge is 0.483 e. The van der Waals surface area contributed by atoms with Crippen molar-refractivity contribution in [1.82, 2.24) is 5.43 Å². The van der Waals surface area contributed by atoms with Gasteiger partial charge in [0.15, 0.2) is 6.61 Å². The summed E-state index contributed by atoms with van der Waals surface area (Å²) in [6.45, 7) is 5.87. The molecule has 2 rings (SSSR count). The number of allylic oxidation sites excluding steroid dienone is 1. The van der Waals surface area contributed by atoms with Gasteiger partial charge in [-0.1, -0.05) is 12.1 Å². The van der Waals surface area contributed by atoms with Crippen LogP contribution in [0.5, 0.6) is 5.75 Å². The van der Waals surface area contributed by atoms with E-state index < -0.39 is 0 Å². The fourth-order valence-electron chi connectivity index (χ4n) is 1.99. The number of carbonyl (C=O) groups excluding carboxylic acids is 1. The Kier molecular flexibility index (Phi) is 5.74. The first-order valence-electron chi connectivity index (χ1n) is 7.29. The summed E-state index contributed by atoms with van der Waals surface area (Å²) in [4.78, 5) is 11.7. The standard InChI is InChI=1S/C18H20N2O3/c1-13-8-9-14(2)18(15(13)3)23-12-17(21)20-19-10-4-6-16-7-5-11-22-16/h4-11H,12H2,1-3H3,(H,20,21). The van der Waals surface area contributed by atoms with Crippen LogP contribution < -0.4 is 10.2 Å². The third kappa shape index (κ3) is 4.85. The smallest absolute Gasteiger partial charge is 0.277 e. The molecule has 120 valence electrons. The average molecular weight is 312 g/mol. The highest BCUT2D eigenvalue weighted by molar-refractivity contribution is 5.81. The van der Waals surface area contributed by atoms with Crippen LogP contribution in [0.1, 0.15) is 22.5 Å². The molecule has 0 aliphatic heterocycles. The normalized spacial score (nSPS) is 11.3. The maximum Gasteiger partial charge on any atom is 0.277 e. The van der Waals surface area contributed by atoms with Crippen molar-refractivity contribution in [3.63, 3.8) is 0 Å². The molecule has 0 aliphatic carbocycles. The lowest BCUT2D eigenvalue weighted by atomic mass is 10.1. The molecule has 0 unspecified atom stereocenters. The lowest BCUT2D eigenvalue weighted by Gasteiger charge is -2.13. The van der Waals surface area contributed by atoms with E-state index in [1.165, 1.54) is 6.21 Å². The number of carbonyl (C=O) groups is 1. The number of amides is 1. The van der Waals surface area contributed by atoms with Gasteiger partial charge in [-0.25, -0.2) is 5.43 Å². The lowest BCUT2D eigenvalue weighted by molar-refractivity contribution is -0.123. The first kappa shape index (κ1) is 16.5. The van der Waals surface area contributed by atoms with E-state index in [1.54, 1.807) is 24.5 Å². The Balaban J connectivity index is 1.80. The molecule has 5 heteroatoms. The second-order valence-corrected chi connectivity index (χ2v) is 5.13. The molecule has 1 aromatic heterocycles. The van der Waals surface area contributed by atoms with Crippen LogP contribution in [0.15, 0.2) is 46.1 Å². The number of hydrogen-bond donors (Lipinski definition) is 1. The monoisotopic (exact) mass is 312 g/mol. The zero-order chi connectivity index (χ0) is 16.7. The van der Waals surface area contributed by atoms with Crippen LogP contribution >= 0.6 is 0 Å². The minimum atomic E-state index is -0.312. The van der Waals surface area contributed by atoms with Gasteiger partial charge in [-0.15, -0.1) is 0 Å². The Labute approximate surface area is 135 Å². The highest BCUT2D eigenvalue weighted by atomic mass is 16.5. The summed E-state index contributed by atoms with van der Waals surface area (Å²) in [5.74, 6) is 1.16. The summed E-state index contributed by atoms with van der Waals surface area (Å²) in [7, 11) is 0. The second kappa shape index (κ2) is 7.98. The number of hydrazone groups is 1. The van der Waals surface area contributed by atoms with Gasteiger partial charge in [0.2, 0.25) is 0 Å². The highest BCUT2D eigenvalue weighted by Crippen LogP contribution is 2.25. The van der Waals surface area contributed by atoms with Crippen LogP contribution in [-0.4, -0.2) is 18.7 Å². The van der Waals surface area contributed by atoms with E-state index in [4.69, 9.17) is 9.15 Å². The maximum atomic E-state index is 11.7. The van der Waals surface area contributed by atoms with Crippen LogP contribution in [-0.2, 0) is 4.79 Å². The third-order valence-corrected chi connectivity index (χ3v) is 3.37. The first-order chi connectivity index (χ1) is 11.1. The highest BCUT2D eigenvalue weighted by Gasteiger charge is 2.08. The Morgan fingerprint density at radius 3 is 2.78 bits per heavy atom. The number of furan rings is 1. The molecular weight excluding hydrogens is 292 g/mol. The average Bonchev–Trinajstić information content (AvgIpc) is 3.04. The molecule has 0 atom stereocenters. The molecular formula is C18H20N2O3. The molecule has 2 aromatic rings. The third-order valence-electron chi connectivity index (χ3n) is 3.37. The molecule has 0 saturated carbocycles. The van der Waals surface area contributed by atoms with Crippen LogP contribution in [0.3, 0.4) is 0 Å². The summed E-state index contributed by atoms with van der Waals surface area (Å²) in [6.07, 6.45) is 6.48. The molecule has 5 nitrogen and oxygen atoms in total. The van der Waals surface area contributed by atoms with Crippen molar-refractivity contribution < 1.29 is 13.9 Å². The summed E-state index contributed by atoms with van der Waals surface area (Å²) in [6, 6.07) is 7.63. The molecule has 1 N–H and O–H groups in total. The van der Waals surface area contributed by atoms with Gasteiger partial charge < -0.3 is 9.15 Å². The molecule has 1 heterocycles. The van der Waals surface area contributed by atoms with Crippen molar-refractivity contribution in [2.24, 2.45) is 5.10 Å². The van der Waals surface area contributed by atoms with Crippen molar-refractivity contribution in [1.29, 1.82) is 0 Å². The SMILES string of the molecule is Cc1ccc(C)c(OCC(=O)NN=CC=Cc2ccco2)c1C. The predicted octanol–water partition coefficient (Wildman–Crippen LogP) is 3.40. The zero-order valence-corrected chi connectivity index (χ0v) is 13.5. The Morgan fingerprint density at radius 1 is 1.26 bits per heavy atom. The Hall–Kier alpha value is -2.82. The summed E-state index contributed by atoms with van der Waals surface area (Å²) < 4.78 is 10.7. The molecule has 0 aliphatic rings. The van der Waals surface area contributed by atoms with E-state index in [0.717, 1.165) is 28.2 Å². The molecule has 0 radical (unpaired) electrons. The molecule has 0 bridgehead atoms. The quantitative estimate of drug-likeness (QED) is 0.657. The van der Waals surface area contributed by atoms with Crippen molar-refractivity contribution in [3.05, 3.63) is 59.1 Å². The summed E-state index contributed by atoms with van der Waals surface area (Å²) in [5.41, 5.74) is 5.59. The minimum Gasteiger partial charge on any atom is -0.483 e. The fourth-order valence-corrected chi connectivity index (χ4v) is 1.99. The summed E-state index contributed by atoms with van der Waals surface area (Å²) in [5, 5.41) is 3.81. The van der Waals surface area contributed by atoms with Gasteiger partial charge >= 0.3 is 0 Å². The molecule has 23 heavy (non-hydrogen) atoms. The molecule has 0 saturated heterocycles. The molecule has 1 aromatic carbocycles. The maximum absolute atomic E-state index is 11.7. The van der Waals surface area contributed by atoms with E-state index in [1.807, 2.05) is 39.0 Å². The molecule has 0 spiro atoms. The number of ether oxygens (including phenoxy) is 1. The van der Waals surface area contributed by atoms with Crippen molar-refractivity contribution in [2.45, 2.75) is 20.8 Å². The van der Waals surface area contributed by atoms with Crippen LogP contribution in [0.2, 0.25) is 0 Å². The van der Waals surface area contributed by atoms with E-state index in [-0.39, 0.29) is 12.5 Å². The zero-order valence-electron chi connectivity index (χ0n) is 13.5. The number of benzene rings is 1. The topological polar surface area (TPSA) is 63.8 Å². The van der Waals surface area contributed by atoms with E-state index >= 15 is 0 Å². The molecule has 1 amide bonds. The van der Waals surface area contributed by atoms with E-state index in [0.29, 0.717) is 0 Å². The second-order valence-electron chi connectivity index (χ2n) is 5.13. The number of rotatable bonds is 6. The van der Waals surface area contributed by atoms with Crippen LogP contribution in [0.25, 0.3) is 6.08 Å². The van der Waals surface area contributed by atoms with Crippen molar-refractivity contribution in [2.75, 3.05) is 6.61 Å². The van der Waals surface area contributed by atoms with E-state index in [2.05, 4.69) is 10.5 Å². The lowest BCUT2D eigenvalue weighted by Crippen LogP contribution is -2.24. The van der Waals surface area contributed by atoms with Gasteiger partial charge in [0.25, 0.3) is 5.91 Å². The Morgan fingerprint density at radius 2 is 2.04 bits per heavy atom. The summed E-state index contributed by atoms with van der Waals surface area (Å²) >= 11 is 0. The molecule has 0 fully saturated rings. The number of aryl methyl sites for hydroxylation is 2. The van der Waals surface area contributed by atoms with Gasteiger partial charge in [0, 0.05) is 6.21 Å². The Bertz CT molecular complexity index is 716. The van der Waals surface area contributed by atoms with Gasteiger partial charge in [0.05, 0.1) is 6.26 Å². The van der Waals surface area contributed by atoms with Gasteiger partial charge in [0.1, 0.15) is 11.5 Å². The fraction of sp³-hybridized carbons (Fsp3) is 0.222. The first-order valence-corrected chi connectivity index (χ1v) is 7.29. The number of hydrogen-bond acceptors (Lipinski definition) is 4. The van der Waals surface area contributed by atoms with Crippen LogP contribution in [0.4, 0.5) is 0 Å².